The van der Waals surface area contributed by atoms with E-state index in [1.165, 1.54) is 0 Å². The van der Waals surface area contributed by atoms with Crippen molar-refractivity contribution >= 4 is 74.7 Å². The lowest BCUT2D eigenvalue weighted by Gasteiger charge is -2.16. The van der Waals surface area contributed by atoms with Gasteiger partial charge in [0.2, 0.25) is 39.6 Å². The topological polar surface area (TPSA) is 449 Å². The summed E-state index contributed by atoms with van der Waals surface area (Å²) in [6.45, 7) is -0.0504. The minimum Gasteiger partial charge on any atom is -0.481 e. The monoisotopic (exact) mass is 1100 g/mol. The van der Waals surface area contributed by atoms with Gasteiger partial charge in [0.05, 0.1) is 44.7 Å². The van der Waals surface area contributed by atoms with Crippen LogP contribution in [0.4, 0.5) is 5.69 Å². The van der Waals surface area contributed by atoms with Crippen molar-refractivity contribution < 1.29 is 85.5 Å². The fourth-order valence-electron chi connectivity index (χ4n) is 6.75. The number of nitrogens with two attached hydrogens (primary N) is 2. The van der Waals surface area contributed by atoms with Crippen LogP contribution >= 0.6 is 0 Å². The molecule has 29 nitrogen and oxygen atoms in total. The third-order valence-corrected chi connectivity index (χ3v) is 12.1. The number of nitrogen functional groups attached to an aromatic ring is 1. The number of amides is 6. The molecule has 0 aliphatic rings. The highest BCUT2D eigenvalue weighted by Gasteiger charge is 2.26. The molecular weight excluding hydrogens is 1030 g/mol. The summed E-state index contributed by atoms with van der Waals surface area (Å²) in [5.41, 5.74) is 12.1. The Morgan fingerprint density at radius 3 is 1.96 bits per heavy atom. The van der Waals surface area contributed by atoms with Crippen molar-refractivity contribution in [1.82, 2.24) is 46.6 Å². The number of anilines is 1. The van der Waals surface area contributed by atoms with Crippen molar-refractivity contribution in [2.24, 2.45) is 11.7 Å². The first-order valence-electron chi connectivity index (χ1n) is 24.6. The zero-order valence-electron chi connectivity index (χ0n) is 42.3. The number of hydrogen-bond acceptors (Lipinski definition) is 20. The van der Waals surface area contributed by atoms with Crippen LogP contribution in [0, 0.1) is 5.92 Å². The number of sulfonamides is 1. The standard InChI is InChI=1S/C46H71N11O18S/c47-33-14-11-31(12-15-33)44(65)50-19-2-1-7-36(43(48)64)51-42(63)30-75-26-23-72-21-4-6-34(58)16-17-37(46(68)69)52-40(61)18-13-32(45(66)67)28-35(59)29-74-25-24-73-22-20-49-39(60)10-5-27-76(70,71)55-41(62)9-3-8-38-53-56-57-54-38/h11-12,14-15,32,36-37H,1-10,13,16-30,47H2,(H2,48,64)(H,49,60)(H,50,65)(H,51,63)(H,52,61)(H,55,62)(H,66,67)(H,68,69)(H,53,54,56,57)/t32-,36+,37?/m1/s1. The van der Waals surface area contributed by atoms with E-state index >= 15 is 0 Å². The first-order valence-corrected chi connectivity index (χ1v) is 26.2. The molecule has 0 fully saturated rings. The highest BCUT2D eigenvalue weighted by molar-refractivity contribution is 7.90. The van der Waals surface area contributed by atoms with Crippen molar-refractivity contribution in [1.29, 1.82) is 0 Å². The van der Waals surface area contributed by atoms with E-state index in [1.54, 1.807) is 24.3 Å². The Labute approximate surface area is 438 Å². The second-order valence-electron chi connectivity index (χ2n) is 17.2. The number of benzene rings is 1. The van der Waals surface area contributed by atoms with Crippen molar-refractivity contribution in [2.75, 3.05) is 77.4 Å². The number of nitrogens with one attached hydrogen (secondary N) is 6. The van der Waals surface area contributed by atoms with Crippen LogP contribution in [0.3, 0.4) is 0 Å². The largest absolute Gasteiger partial charge is 0.481 e. The van der Waals surface area contributed by atoms with Crippen molar-refractivity contribution in [3.63, 3.8) is 0 Å². The molecule has 12 N–H and O–H groups in total. The third kappa shape index (κ3) is 31.7. The van der Waals surface area contributed by atoms with Gasteiger partial charge in [-0.2, -0.15) is 5.21 Å². The Balaban J connectivity index is 1.49. The summed E-state index contributed by atoms with van der Waals surface area (Å²) in [5, 5.41) is 42.5. The van der Waals surface area contributed by atoms with Crippen molar-refractivity contribution in [2.45, 2.75) is 108 Å². The van der Waals surface area contributed by atoms with Crippen LogP contribution in [0.5, 0.6) is 0 Å². The lowest BCUT2D eigenvalue weighted by molar-refractivity contribution is -0.145. The average Bonchev–Trinajstić information content (AvgIpc) is 3.88. The highest BCUT2D eigenvalue weighted by Crippen LogP contribution is 2.14. The number of rotatable bonds is 45. The number of aromatic nitrogens is 4. The van der Waals surface area contributed by atoms with E-state index in [4.69, 9.17) is 30.4 Å². The molecule has 2 aromatic rings. The van der Waals surface area contributed by atoms with Gasteiger partial charge in [-0.25, -0.2) is 13.2 Å². The Morgan fingerprint density at radius 1 is 0.618 bits per heavy atom. The Morgan fingerprint density at radius 2 is 1.29 bits per heavy atom. The number of aliphatic carboxylic acids is 2. The summed E-state index contributed by atoms with van der Waals surface area (Å²) in [6.07, 6.45) is 0.506. The SMILES string of the molecule is NC(=O)[C@H](CCCCNC(=O)c1ccc(N)cc1)NC(=O)COCCOCCCC(=O)CCC(NC(=O)CC[C@H](CC(=O)COCCOCCNC(=O)CCCS(=O)(=O)NC(=O)CCCc1nn[nH]n1)C(=O)O)C(=O)O. The minimum atomic E-state index is -3.93. The molecule has 0 radical (unpaired) electrons. The van der Waals surface area contributed by atoms with Gasteiger partial charge in [0, 0.05) is 75.9 Å². The number of hydrogen-bond donors (Lipinski definition) is 10. The first kappa shape index (κ1) is 65.1. The average molecular weight is 1100 g/mol. The number of unbranched alkanes of at least 4 members (excludes halogenated alkanes) is 1. The summed E-state index contributed by atoms with van der Waals surface area (Å²) in [4.78, 5) is 121. The maximum atomic E-state index is 12.6. The smallest absolute Gasteiger partial charge is 0.326 e. The number of ketones is 2. The number of carbonyl (C=O) groups excluding carboxylic acids is 8. The van der Waals surface area contributed by atoms with E-state index in [0.717, 1.165) is 0 Å². The van der Waals surface area contributed by atoms with Gasteiger partial charge < -0.3 is 61.9 Å². The third-order valence-electron chi connectivity index (χ3n) is 10.8. The van der Waals surface area contributed by atoms with Crippen molar-refractivity contribution in [3.8, 4) is 0 Å². The molecule has 1 unspecified atom stereocenters. The Hall–Kier alpha value is -7.02. The number of tetrazole rings is 1. The van der Waals surface area contributed by atoms with E-state index in [9.17, 15) is 66.6 Å². The van der Waals surface area contributed by atoms with Crippen LogP contribution in [0.15, 0.2) is 24.3 Å². The molecule has 0 saturated heterocycles. The predicted octanol–water partition coefficient (Wildman–Crippen LogP) is -1.78. The summed E-state index contributed by atoms with van der Waals surface area (Å²) >= 11 is 0. The molecule has 6 amide bonds. The number of carboxylic acids is 2. The zero-order valence-corrected chi connectivity index (χ0v) is 43.1. The number of H-pyrrole nitrogens is 1. The second kappa shape index (κ2) is 37.7. The van der Waals surface area contributed by atoms with Gasteiger partial charge in [0.25, 0.3) is 5.91 Å². The minimum absolute atomic E-state index is 0.0240. The van der Waals surface area contributed by atoms with E-state index < -0.39 is 100 Å². The number of carbonyl (C=O) groups is 10. The molecule has 0 aliphatic heterocycles. The number of nitrogens with zero attached hydrogens (tertiary/aromatic N) is 3. The summed E-state index contributed by atoms with van der Waals surface area (Å²) in [7, 11) is -3.93. The highest BCUT2D eigenvalue weighted by atomic mass is 32.2. The summed E-state index contributed by atoms with van der Waals surface area (Å²) < 4.78 is 47.5. The molecule has 0 aliphatic carbocycles. The maximum absolute atomic E-state index is 12.6. The molecule has 76 heavy (non-hydrogen) atoms. The zero-order chi connectivity index (χ0) is 56.1. The molecule has 3 atom stereocenters. The quantitative estimate of drug-likeness (QED) is 0.0259. The van der Waals surface area contributed by atoms with Crippen LogP contribution in [-0.2, 0) is 78.5 Å². The molecule has 1 aromatic heterocycles. The first-order chi connectivity index (χ1) is 36.2. The van der Waals surface area contributed by atoms with Gasteiger partial charge >= 0.3 is 11.9 Å². The predicted molar refractivity (Wildman–Crippen MR) is 266 cm³/mol. The van der Waals surface area contributed by atoms with E-state index in [0.29, 0.717) is 55.7 Å². The molecule has 0 bridgehead atoms. The molecule has 424 valence electrons. The van der Waals surface area contributed by atoms with Crippen LogP contribution in [0.1, 0.15) is 106 Å². The van der Waals surface area contributed by atoms with Gasteiger partial charge in [-0.05, 0) is 75.6 Å². The number of aromatic amines is 1. The van der Waals surface area contributed by atoms with Crippen molar-refractivity contribution in [3.05, 3.63) is 35.7 Å². The molecule has 0 saturated carbocycles. The fourth-order valence-corrected chi connectivity index (χ4v) is 7.82. The molecule has 1 aromatic carbocycles. The molecule has 2 rings (SSSR count). The lowest BCUT2D eigenvalue weighted by Crippen LogP contribution is -2.45. The van der Waals surface area contributed by atoms with E-state index in [2.05, 4.69) is 41.9 Å². The number of aryl methyl sites for hydroxylation is 1. The van der Waals surface area contributed by atoms with E-state index in [1.807, 2.05) is 4.72 Å². The van der Waals surface area contributed by atoms with Crippen LogP contribution in [0.25, 0.3) is 0 Å². The Bertz CT molecular complexity index is 2270. The summed E-state index contributed by atoms with van der Waals surface area (Å²) in [6, 6.07) is 4.09. The van der Waals surface area contributed by atoms with Crippen LogP contribution in [0.2, 0.25) is 0 Å². The van der Waals surface area contributed by atoms with Gasteiger partial charge in [-0.15, -0.1) is 10.2 Å². The number of ether oxygens (including phenoxy) is 4. The number of Topliss-reactive ketones (excluding diaryl/α,β-unsaturated/α-hetero) is 2. The number of carboxylic acid groups (broad SMARTS) is 2. The second-order valence-corrected chi connectivity index (χ2v) is 19.0. The fraction of sp³-hybridized carbons (Fsp3) is 0.630. The molecule has 0 spiro atoms. The Kier molecular flexibility index (Phi) is 32.3. The molecular formula is C46H71N11O18S. The lowest BCUT2D eigenvalue weighted by atomic mass is 9.97. The van der Waals surface area contributed by atoms with Gasteiger partial charge in [-0.1, -0.05) is 5.21 Å². The summed E-state index contributed by atoms with van der Waals surface area (Å²) in [5.74, 6) is -8.37. The maximum Gasteiger partial charge on any atom is 0.326 e. The number of primary amides is 1. The van der Waals surface area contributed by atoms with E-state index in [-0.39, 0.29) is 116 Å². The normalized spacial score (nSPS) is 12.4. The van der Waals surface area contributed by atoms with Crippen LogP contribution in [-0.4, -0.2) is 182 Å². The van der Waals surface area contributed by atoms with Crippen LogP contribution < -0.4 is 37.5 Å². The van der Waals surface area contributed by atoms with Gasteiger partial charge in [0.1, 0.15) is 31.1 Å². The van der Waals surface area contributed by atoms with Gasteiger partial charge in [0.15, 0.2) is 11.6 Å². The molecule has 30 heteroatoms. The molecule has 1 heterocycles. The van der Waals surface area contributed by atoms with Gasteiger partial charge in [-0.3, -0.25) is 47.9 Å².